The molecule has 5 rings (SSSR count). The van der Waals surface area contributed by atoms with E-state index in [9.17, 15) is 23.2 Å². The molecule has 0 radical (unpaired) electrons. The highest BCUT2D eigenvalue weighted by Gasteiger charge is 2.42. The standard InChI is InChI=1S/C26H31F2N5O5/c1-26(2,3)38-25(36)32-8-4-5-20(32)23(34)30-9-10-31-17(13-30)14-33-22(31)12-21(29-24(33)35)37-15-16-6-7-18(27)19(28)11-16/h6-7,11-12,17,20H,4-5,8-10,13-15H2,1-3H3/t17-,20-/m0/s1. The smallest absolute Gasteiger partial charge is 0.410 e. The zero-order valence-corrected chi connectivity index (χ0v) is 21.7. The van der Waals surface area contributed by atoms with E-state index in [1.165, 1.54) is 11.0 Å². The lowest BCUT2D eigenvalue weighted by Gasteiger charge is -2.40. The van der Waals surface area contributed by atoms with E-state index in [0.717, 1.165) is 18.6 Å². The monoisotopic (exact) mass is 531 g/mol. The van der Waals surface area contributed by atoms with Gasteiger partial charge in [-0.1, -0.05) is 6.07 Å². The van der Waals surface area contributed by atoms with E-state index < -0.39 is 35.1 Å². The number of nitrogens with zero attached hydrogens (tertiary/aromatic N) is 5. The number of piperazine rings is 1. The number of rotatable bonds is 4. The predicted molar refractivity (Wildman–Crippen MR) is 133 cm³/mol. The van der Waals surface area contributed by atoms with Gasteiger partial charge in [-0.25, -0.2) is 18.4 Å². The van der Waals surface area contributed by atoms with Crippen molar-refractivity contribution in [1.29, 1.82) is 0 Å². The molecule has 1 aromatic heterocycles. The van der Waals surface area contributed by atoms with Gasteiger partial charge in [-0.15, -0.1) is 0 Å². The summed E-state index contributed by atoms with van der Waals surface area (Å²) < 4.78 is 39.3. The number of likely N-dealkylation sites (tertiary alicyclic amines) is 1. The summed E-state index contributed by atoms with van der Waals surface area (Å²) in [6.45, 7) is 7.51. The summed E-state index contributed by atoms with van der Waals surface area (Å²) in [6.07, 6.45) is 0.846. The second-order valence-electron chi connectivity index (χ2n) is 10.8. The maximum absolute atomic E-state index is 13.5. The van der Waals surface area contributed by atoms with Crippen molar-refractivity contribution in [1.82, 2.24) is 19.4 Å². The summed E-state index contributed by atoms with van der Waals surface area (Å²) in [5, 5.41) is 0. The van der Waals surface area contributed by atoms with E-state index in [2.05, 4.69) is 9.88 Å². The number of carbonyl (C=O) groups excluding carboxylic acids is 2. The first kappa shape index (κ1) is 25.9. The molecule has 1 aromatic carbocycles. The molecule has 204 valence electrons. The van der Waals surface area contributed by atoms with Gasteiger partial charge in [0.1, 0.15) is 24.1 Å². The van der Waals surface area contributed by atoms with Crippen LogP contribution in [0.1, 0.15) is 39.2 Å². The van der Waals surface area contributed by atoms with Crippen LogP contribution in [0.5, 0.6) is 5.88 Å². The average Bonchev–Trinajstić information content (AvgIpc) is 3.48. The Bertz CT molecular complexity index is 1310. The van der Waals surface area contributed by atoms with Crippen LogP contribution in [0.4, 0.5) is 19.4 Å². The Kier molecular flexibility index (Phi) is 6.74. The minimum Gasteiger partial charge on any atom is -0.473 e. The van der Waals surface area contributed by atoms with Crippen molar-refractivity contribution >= 4 is 17.8 Å². The summed E-state index contributed by atoms with van der Waals surface area (Å²) in [6, 6.07) is 4.43. The van der Waals surface area contributed by atoms with E-state index in [1.807, 2.05) is 0 Å². The summed E-state index contributed by atoms with van der Waals surface area (Å²) in [4.78, 5) is 48.2. The molecule has 2 fully saturated rings. The van der Waals surface area contributed by atoms with E-state index in [0.29, 0.717) is 50.5 Å². The van der Waals surface area contributed by atoms with E-state index >= 15 is 0 Å². The Morgan fingerprint density at radius 1 is 1.08 bits per heavy atom. The van der Waals surface area contributed by atoms with E-state index in [-0.39, 0.29) is 24.4 Å². The van der Waals surface area contributed by atoms with Crippen molar-refractivity contribution < 1.29 is 27.8 Å². The Labute approximate surface area is 218 Å². The number of halogens is 2. The fraction of sp³-hybridized carbons (Fsp3) is 0.538. The maximum atomic E-state index is 13.5. The topological polar surface area (TPSA) is 97.2 Å². The second kappa shape index (κ2) is 9.88. The molecule has 2 atom stereocenters. The highest BCUT2D eigenvalue weighted by atomic mass is 19.2. The van der Waals surface area contributed by atoms with Crippen LogP contribution in [-0.4, -0.2) is 75.2 Å². The number of amides is 2. The molecule has 0 aliphatic carbocycles. The lowest BCUT2D eigenvalue weighted by atomic mass is 10.1. The Morgan fingerprint density at radius 2 is 1.87 bits per heavy atom. The van der Waals surface area contributed by atoms with Gasteiger partial charge in [0.2, 0.25) is 11.8 Å². The average molecular weight is 532 g/mol. The van der Waals surface area contributed by atoms with Crippen LogP contribution in [0.2, 0.25) is 0 Å². The molecule has 0 unspecified atom stereocenters. The Balaban J connectivity index is 1.25. The van der Waals surface area contributed by atoms with Gasteiger partial charge in [-0.2, -0.15) is 4.98 Å². The molecule has 3 aliphatic heterocycles. The molecule has 2 aromatic rings. The highest BCUT2D eigenvalue weighted by Crippen LogP contribution is 2.31. The van der Waals surface area contributed by atoms with Crippen LogP contribution in [0, 0.1) is 11.6 Å². The van der Waals surface area contributed by atoms with Crippen molar-refractivity contribution in [2.24, 2.45) is 0 Å². The number of hydrogen-bond acceptors (Lipinski definition) is 7. The first-order valence-electron chi connectivity index (χ1n) is 12.7. The van der Waals surface area contributed by atoms with Crippen molar-refractivity contribution in [2.75, 3.05) is 31.1 Å². The number of anilines is 1. The SMILES string of the molecule is CC(C)(C)OC(=O)N1CCC[C@H]1C(=O)N1CCN2c3cc(OCc4ccc(F)c(F)c4)nc(=O)n3C[C@@H]2C1. The fourth-order valence-corrected chi connectivity index (χ4v) is 5.24. The Hall–Kier alpha value is -3.70. The van der Waals surface area contributed by atoms with Crippen LogP contribution in [0.15, 0.2) is 29.1 Å². The van der Waals surface area contributed by atoms with E-state index in [1.54, 1.807) is 36.3 Å². The largest absolute Gasteiger partial charge is 0.473 e. The quantitative estimate of drug-likeness (QED) is 0.598. The minimum atomic E-state index is -0.977. The molecule has 2 amide bonds. The molecule has 0 bridgehead atoms. The summed E-state index contributed by atoms with van der Waals surface area (Å²) >= 11 is 0. The van der Waals surface area contributed by atoms with Gasteiger partial charge >= 0.3 is 11.8 Å². The molecule has 0 saturated carbocycles. The van der Waals surface area contributed by atoms with Crippen LogP contribution >= 0.6 is 0 Å². The number of ether oxygens (including phenoxy) is 2. The van der Waals surface area contributed by atoms with Crippen molar-refractivity contribution in [3.05, 3.63) is 51.9 Å². The number of benzene rings is 1. The van der Waals surface area contributed by atoms with Gasteiger partial charge in [0, 0.05) is 32.2 Å². The van der Waals surface area contributed by atoms with Crippen LogP contribution in [-0.2, 0) is 22.7 Å². The number of aromatic nitrogens is 2. The molecule has 3 aliphatic rings. The predicted octanol–water partition coefficient (Wildman–Crippen LogP) is 2.53. The molecular formula is C26H31F2N5O5. The van der Waals surface area contributed by atoms with Crippen molar-refractivity contribution in [2.45, 2.75) is 64.4 Å². The zero-order valence-electron chi connectivity index (χ0n) is 21.7. The molecule has 12 heteroatoms. The van der Waals surface area contributed by atoms with Gasteiger partial charge < -0.3 is 19.3 Å². The Morgan fingerprint density at radius 3 is 2.61 bits per heavy atom. The zero-order chi connectivity index (χ0) is 27.2. The van der Waals surface area contributed by atoms with Crippen molar-refractivity contribution in [3.8, 4) is 5.88 Å². The highest BCUT2D eigenvalue weighted by molar-refractivity contribution is 5.86. The lowest BCUT2D eigenvalue weighted by Crippen LogP contribution is -2.57. The molecule has 10 nitrogen and oxygen atoms in total. The van der Waals surface area contributed by atoms with Gasteiger partial charge in [-0.05, 0) is 51.3 Å². The molecule has 2 saturated heterocycles. The fourth-order valence-electron chi connectivity index (χ4n) is 5.24. The maximum Gasteiger partial charge on any atom is 0.410 e. The molecular weight excluding hydrogens is 500 g/mol. The molecule has 0 N–H and O–H groups in total. The normalized spacial score (nSPS) is 20.8. The lowest BCUT2D eigenvalue weighted by molar-refractivity contribution is -0.136. The summed E-state index contributed by atoms with van der Waals surface area (Å²) in [7, 11) is 0. The number of hydrogen-bond donors (Lipinski definition) is 0. The third-order valence-corrected chi connectivity index (χ3v) is 6.98. The first-order chi connectivity index (χ1) is 18.0. The van der Waals surface area contributed by atoms with Gasteiger partial charge in [-0.3, -0.25) is 14.3 Å². The van der Waals surface area contributed by atoms with Crippen LogP contribution in [0.25, 0.3) is 0 Å². The molecule has 0 spiro atoms. The second-order valence-corrected chi connectivity index (χ2v) is 10.8. The summed E-state index contributed by atoms with van der Waals surface area (Å²) in [5.74, 6) is -1.31. The molecule has 38 heavy (non-hydrogen) atoms. The number of carbonyl (C=O) groups is 2. The number of fused-ring (bicyclic) bond motifs is 3. The summed E-state index contributed by atoms with van der Waals surface area (Å²) in [5.41, 5.74) is -0.723. The van der Waals surface area contributed by atoms with Crippen molar-refractivity contribution in [3.63, 3.8) is 0 Å². The third kappa shape index (κ3) is 5.16. The van der Waals surface area contributed by atoms with Gasteiger partial charge in [0.15, 0.2) is 11.6 Å². The minimum absolute atomic E-state index is 0.0751. The van der Waals surface area contributed by atoms with Gasteiger partial charge in [0.05, 0.1) is 12.6 Å². The van der Waals surface area contributed by atoms with E-state index in [4.69, 9.17) is 9.47 Å². The van der Waals surface area contributed by atoms with Crippen LogP contribution in [0.3, 0.4) is 0 Å². The first-order valence-corrected chi connectivity index (χ1v) is 12.7. The molecule has 4 heterocycles. The van der Waals surface area contributed by atoms with Gasteiger partial charge in [0.25, 0.3) is 0 Å². The third-order valence-electron chi connectivity index (χ3n) is 6.98. The van der Waals surface area contributed by atoms with Crippen LogP contribution < -0.4 is 15.3 Å².